The molecule has 4 unspecified atom stereocenters. The Morgan fingerprint density at radius 3 is 2.53 bits per heavy atom. The topological polar surface area (TPSA) is 93.7 Å². The summed E-state index contributed by atoms with van der Waals surface area (Å²) < 4.78 is 52.1. The second-order valence-electron chi connectivity index (χ2n) is 8.58. The highest BCUT2D eigenvalue weighted by Gasteiger charge is 2.33. The normalized spacial score (nSPS) is 21.9. The van der Waals surface area contributed by atoms with Gasteiger partial charge >= 0.3 is 7.75 Å². The Kier molecular flexibility index (Phi) is 11.1. The smallest absolute Gasteiger partial charge is 0.406 e. The molecule has 10 heteroatoms. The van der Waals surface area contributed by atoms with Crippen molar-refractivity contribution in [2.75, 3.05) is 47.2 Å². The summed E-state index contributed by atoms with van der Waals surface area (Å²) in [5.74, 6) is 0.781. The minimum Gasteiger partial charge on any atom is -0.497 e. The largest absolute Gasteiger partial charge is 0.497 e. The summed E-state index contributed by atoms with van der Waals surface area (Å²) in [4.78, 5) is 0. The average molecular weight is 476 g/mol. The molecule has 1 N–H and O–H groups in total. The lowest BCUT2D eigenvalue weighted by Crippen LogP contribution is -2.29. The molecule has 0 radical (unpaired) electrons. The molecule has 32 heavy (non-hydrogen) atoms. The van der Waals surface area contributed by atoms with Crippen LogP contribution in [0.4, 0.5) is 0 Å². The van der Waals surface area contributed by atoms with Gasteiger partial charge in [0.15, 0.2) is 6.29 Å². The monoisotopic (exact) mass is 475 g/mol. The van der Waals surface area contributed by atoms with Crippen molar-refractivity contribution >= 4 is 7.75 Å². The second kappa shape index (κ2) is 13.0. The van der Waals surface area contributed by atoms with Gasteiger partial charge in [-0.05, 0) is 46.2 Å². The van der Waals surface area contributed by atoms with Gasteiger partial charge in [-0.1, -0.05) is 12.1 Å². The van der Waals surface area contributed by atoms with E-state index in [0.717, 1.165) is 11.3 Å². The molecule has 1 heterocycles. The zero-order valence-electron chi connectivity index (χ0n) is 20.0. The quantitative estimate of drug-likeness (QED) is 0.315. The summed E-state index contributed by atoms with van der Waals surface area (Å²) in [5, 5.41) is 2.89. The molecule has 4 atom stereocenters. The molecule has 0 spiro atoms. The maximum Gasteiger partial charge on any atom is 0.406 e. The molecule has 1 aromatic carbocycles. The van der Waals surface area contributed by atoms with Crippen molar-refractivity contribution in [3.05, 3.63) is 29.8 Å². The lowest BCUT2D eigenvalue weighted by molar-refractivity contribution is -0.0735. The maximum atomic E-state index is 13.2. The van der Waals surface area contributed by atoms with Gasteiger partial charge in [0, 0.05) is 25.8 Å². The molecule has 0 saturated carbocycles. The number of ether oxygens (including phenoxy) is 5. The van der Waals surface area contributed by atoms with Crippen LogP contribution in [0.5, 0.6) is 5.75 Å². The molecule has 2 rings (SSSR count). The second-order valence-corrected chi connectivity index (χ2v) is 10.3. The van der Waals surface area contributed by atoms with E-state index in [1.807, 2.05) is 52.0 Å². The Labute approximate surface area is 191 Å². The lowest BCUT2D eigenvalue weighted by atomic mass is 10.2. The molecular weight excluding hydrogens is 437 g/mol. The Morgan fingerprint density at radius 1 is 1.19 bits per heavy atom. The first kappa shape index (κ1) is 27.2. The van der Waals surface area contributed by atoms with Gasteiger partial charge in [0.2, 0.25) is 0 Å². The number of hydrogen-bond acceptors (Lipinski definition) is 8. The van der Waals surface area contributed by atoms with Gasteiger partial charge in [-0.2, -0.15) is 0 Å². The maximum absolute atomic E-state index is 13.2. The summed E-state index contributed by atoms with van der Waals surface area (Å²) in [6.07, 6.45) is -0.267. The highest BCUT2D eigenvalue weighted by molar-refractivity contribution is 7.51. The van der Waals surface area contributed by atoms with Crippen LogP contribution in [0.3, 0.4) is 0 Å². The fourth-order valence-corrected chi connectivity index (χ4v) is 4.81. The van der Waals surface area contributed by atoms with Crippen molar-refractivity contribution in [3.8, 4) is 5.75 Å². The van der Waals surface area contributed by atoms with Gasteiger partial charge in [0.1, 0.15) is 11.9 Å². The third-order valence-electron chi connectivity index (χ3n) is 4.43. The number of methoxy groups -OCH3 is 2. The molecule has 9 nitrogen and oxygen atoms in total. The highest BCUT2D eigenvalue weighted by Crippen LogP contribution is 2.48. The number of hydrogen-bond donors (Lipinski definition) is 1. The Morgan fingerprint density at radius 2 is 1.91 bits per heavy atom. The molecule has 1 saturated heterocycles. The lowest BCUT2D eigenvalue weighted by Gasteiger charge is -2.29. The van der Waals surface area contributed by atoms with Crippen LogP contribution in [0.15, 0.2) is 24.3 Å². The molecular formula is C22H38NO8P. The van der Waals surface area contributed by atoms with Crippen LogP contribution in [0, 0.1) is 0 Å². The molecule has 1 aliphatic rings. The summed E-state index contributed by atoms with van der Waals surface area (Å²) in [7, 11) is -0.267. The van der Waals surface area contributed by atoms with Crippen LogP contribution in [0.1, 0.15) is 46.0 Å². The first-order valence-corrected chi connectivity index (χ1v) is 12.4. The van der Waals surface area contributed by atoms with Gasteiger partial charge in [0.25, 0.3) is 0 Å². The molecule has 184 valence electrons. The van der Waals surface area contributed by atoms with Crippen molar-refractivity contribution in [1.82, 2.24) is 5.09 Å². The van der Waals surface area contributed by atoms with Crippen LogP contribution in [-0.4, -0.2) is 65.0 Å². The van der Waals surface area contributed by atoms with E-state index in [1.54, 1.807) is 14.2 Å². The first-order valence-electron chi connectivity index (χ1n) is 10.9. The summed E-state index contributed by atoms with van der Waals surface area (Å²) in [5.41, 5.74) is 0.297. The van der Waals surface area contributed by atoms with Crippen molar-refractivity contribution in [3.63, 3.8) is 0 Å². The van der Waals surface area contributed by atoms with Crippen LogP contribution in [0.25, 0.3) is 0 Å². The third-order valence-corrected chi connectivity index (χ3v) is 6.47. The van der Waals surface area contributed by atoms with Crippen molar-refractivity contribution in [1.29, 1.82) is 0 Å². The predicted molar refractivity (Wildman–Crippen MR) is 121 cm³/mol. The van der Waals surface area contributed by atoms with E-state index in [2.05, 4.69) is 5.09 Å². The zero-order valence-corrected chi connectivity index (χ0v) is 20.9. The standard InChI is InChI=1S/C22H38NO8P/c1-17(11-13-25-5)30-32(24,31-22(2,3)4)23-12-14-27-15-20-16-28-21(29-20)18-7-9-19(26-6)10-8-18/h7-10,17,20-21H,11-16H2,1-6H3,(H,23,24). The van der Waals surface area contributed by atoms with Crippen LogP contribution >= 0.6 is 7.75 Å². The number of benzene rings is 1. The van der Waals surface area contributed by atoms with E-state index >= 15 is 0 Å². The molecule has 0 aromatic heterocycles. The molecule has 1 aliphatic heterocycles. The minimum absolute atomic E-state index is 0.176. The fraction of sp³-hybridized carbons (Fsp3) is 0.727. The Balaban J connectivity index is 1.73. The zero-order chi connectivity index (χ0) is 23.6. The Hall–Kier alpha value is -1.03. The SMILES string of the molecule is COCCC(C)OP(=O)(NCCOCC1COC(c2ccc(OC)cc2)O1)OC(C)(C)C. The molecule has 0 amide bonds. The minimum atomic E-state index is -3.51. The number of rotatable bonds is 14. The summed E-state index contributed by atoms with van der Waals surface area (Å²) in [6.45, 7) is 9.28. The first-order chi connectivity index (χ1) is 15.1. The van der Waals surface area contributed by atoms with Crippen molar-refractivity contribution < 1.29 is 37.3 Å². The van der Waals surface area contributed by atoms with E-state index in [-0.39, 0.29) is 12.2 Å². The van der Waals surface area contributed by atoms with Crippen LogP contribution in [0.2, 0.25) is 0 Å². The predicted octanol–water partition coefficient (Wildman–Crippen LogP) is 4.08. The van der Waals surface area contributed by atoms with Gasteiger partial charge in [-0.15, -0.1) is 0 Å². The van der Waals surface area contributed by atoms with E-state index in [1.165, 1.54) is 0 Å². The molecule has 1 aromatic rings. The van der Waals surface area contributed by atoms with Crippen molar-refractivity contribution in [2.24, 2.45) is 0 Å². The Bertz CT molecular complexity index is 709. The van der Waals surface area contributed by atoms with Crippen LogP contribution < -0.4 is 9.82 Å². The molecule has 1 fully saturated rings. The van der Waals surface area contributed by atoms with E-state index in [4.69, 9.17) is 32.7 Å². The fourth-order valence-electron chi connectivity index (χ4n) is 2.97. The number of nitrogens with one attached hydrogen (secondary N) is 1. The third kappa shape index (κ3) is 9.85. The average Bonchev–Trinajstić information content (AvgIpc) is 3.19. The molecule has 0 aliphatic carbocycles. The van der Waals surface area contributed by atoms with Gasteiger partial charge in [0.05, 0.1) is 38.6 Å². The van der Waals surface area contributed by atoms with E-state index in [9.17, 15) is 4.57 Å². The van der Waals surface area contributed by atoms with Gasteiger partial charge in [-0.25, -0.2) is 9.65 Å². The summed E-state index contributed by atoms with van der Waals surface area (Å²) in [6, 6.07) is 7.56. The van der Waals surface area contributed by atoms with Crippen LogP contribution in [-0.2, 0) is 32.6 Å². The highest BCUT2D eigenvalue weighted by atomic mass is 31.2. The molecule has 0 bridgehead atoms. The van der Waals surface area contributed by atoms with Gasteiger partial charge < -0.3 is 23.7 Å². The van der Waals surface area contributed by atoms with E-state index < -0.39 is 19.6 Å². The van der Waals surface area contributed by atoms with Gasteiger partial charge in [-0.3, -0.25) is 9.05 Å². The summed E-state index contributed by atoms with van der Waals surface area (Å²) >= 11 is 0. The van der Waals surface area contributed by atoms with E-state index in [0.29, 0.717) is 39.4 Å². The van der Waals surface area contributed by atoms with Crippen molar-refractivity contribution in [2.45, 2.75) is 58.2 Å².